The fourth-order valence-corrected chi connectivity index (χ4v) is 3.48. The van der Waals surface area contributed by atoms with E-state index in [4.69, 9.17) is 15.2 Å². The lowest BCUT2D eigenvalue weighted by Crippen LogP contribution is -2.32. The van der Waals surface area contributed by atoms with Crippen molar-refractivity contribution in [3.63, 3.8) is 0 Å². The molecule has 0 bridgehead atoms. The number of aromatic amines is 1. The van der Waals surface area contributed by atoms with Gasteiger partial charge in [-0.1, -0.05) is 24.3 Å². The second-order valence-electron chi connectivity index (χ2n) is 6.37. The maximum absolute atomic E-state index is 13.0. The number of pyridine rings is 1. The van der Waals surface area contributed by atoms with Crippen LogP contribution in [0.5, 0.6) is 11.5 Å². The fourth-order valence-electron chi connectivity index (χ4n) is 3.48. The van der Waals surface area contributed by atoms with Crippen LogP contribution in [0.15, 0.2) is 64.8 Å². The van der Waals surface area contributed by atoms with Crippen LogP contribution in [-0.2, 0) is 9.53 Å². The van der Waals surface area contributed by atoms with Crippen molar-refractivity contribution in [2.75, 3.05) is 6.61 Å². The fraction of sp³-hybridized carbons (Fsp3) is 0.143. The Kier molecular flexibility index (Phi) is 4.27. The number of esters is 1. The van der Waals surface area contributed by atoms with Gasteiger partial charge in [-0.2, -0.15) is 0 Å². The molecule has 2 heterocycles. The average Bonchev–Trinajstić information content (AvgIpc) is 2.68. The molecular weight excluding hydrogens is 360 g/mol. The molecule has 0 radical (unpaired) electrons. The lowest BCUT2D eigenvalue weighted by Gasteiger charge is -2.28. The van der Waals surface area contributed by atoms with Crippen molar-refractivity contribution in [2.45, 2.75) is 12.8 Å². The molecule has 0 unspecified atom stereocenters. The van der Waals surface area contributed by atoms with E-state index in [2.05, 4.69) is 4.98 Å². The third-order valence-electron chi connectivity index (χ3n) is 4.69. The summed E-state index contributed by atoms with van der Waals surface area (Å²) in [6.07, 6.45) is 0. The van der Waals surface area contributed by atoms with E-state index in [9.17, 15) is 14.7 Å². The van der Waals surface area contributed by atoms with Gasteiger partial charge in [0.15, 0.2) is 0 Å². The second kappa shape index (κ2) is 6.77. The highest BCUT2D eigenvalue weighted by Gasteiger charge is 2.38. The average molecular weight is 378 g/mol. The number of nitrogens with one attached hydrogen (secondary N) is 1. The minimum atomic E-state index is -0.795. The maximum atomic E-state index is 13.0. The zero-order valence-corrected chi connectivity index (χ0v) is 15.1. The second-order valence-corrected chi connectivity index (χ2v) is 6.37. The molecule has 28 heavy (non-hydrogen) atoms. The van der Waals surface area contributed by atoms with E-state index < -0.39 is 11.9 Å². The van der Waals surface area contributed by atoms with E-state index in [1.807, 2.05) is 6.07 Å². The molecule has 4 N–H and O–H groups in total. The maximum Gasteiger partial charge on any atom is 0.340 e. The number of phenolic OH excluding ortho intramolecular Hbond substituents is 1. The van der Waals surface area contributed by atoms with Gasteiger partial charge in [0.25, 0.3) is 5.56 Å². The van der Waals surface area contributed by atoms with E-state index >= 15 is 0 Å². The highest BCUT2D eigenvalue weighted by atomic mass is 16.5. The highest BCUT2D eigenvalue weighted by molar-refractivity contribution is 5.95. The Bertz CT molecular complexity index is 1160. The molecule has 0 amide bonds. The van der Waals surface area contributed by atoms with E-state index in [1.165, 1.54) is 12.1 Å². The van der Waals surface area contributed by atoms with Gasteiger partial charge < -0.3 is 25.3 Å². The molecule has 7 heteroatoms. The molecule has 4 rings (SSSR count). The lowest BCUT2D eigenvalue weighted by molar-refractivity contribution is -0.139. The summed E-state index contributed by atoms with van der Waals surface area (Å²) in [5.74, 6) is -1.19. The zero-order chi connectivity index (χ0) is 19.8. The van der Waals surface area contributed by atoms with Gasteiger partial charge in [-0.15, -0.1) is 0 Å². The largest absolute Gasteiger partial charge is 0.508 e. The number of H-pyrrole nitrogens is 1. The molecule has 1 aliphatic heterocycles. The Morgan fingerprint density at radius 2 is 1.93 bits per heavy atom. The smallest absolute Gasteiger partial charge is 0.340 e. The molecule has 7 nitrogen and oxygen atoms in total. The van der Waals surface area contributed by atoms with Gasteiger partial charge in [-0.3, -0.25) is 4.79 Å². The van der Waals surface area contributed by atoms with Crippen molar-refractivity contribution in [3.05, 3.63) is 81.5 Å². The Hall–Kier alpha value is -3.74. The number of aromatic nitrogens is 1. The number of ether oxygens (including phenoxy) is 2. The van der Waals surface area contributed by atoms with Crippen LogP contribution in [-0.4, -0.2) is 22.7 Å². The first-order chi connectivity index (χ1) is 13.5. The minimum absolute atomic E-state index is 0.0563. The van der Waals surface area contributed by atoms with Gasteiger partial charge in [0.1, 0.15) is 17.1 Å². The van der Waals surface area contributed by atoms with Crippen LogP contribution in [0.1, 0.15) is 24.0 Å². The predicted molar refractivity (Wildman–Crippen MR) is 103 cm³/mol. The monoisotopic (exact) mass is 378 g/mol. The number of phenols is 1. The number of benzene rings is 2. The molecule has 0 saturated carbocycles. The van der Waals surface area contributed by atoms with Crippen LogP contribution in [0, 0.1) is 0 Å². The standard InChI is InChI=1S/C21H18N2O5/c1-2-27-21(26)17-15(11-7-9-12(24)10-8-11)16-18(28-19(17)22)13-5-3-4-6-14(13)23-20(16)25/h3-10,15,24H,2,22H2,1H3,(H,23,25)/t15-/m0/s1. The Balaban J connectivity index is 2.03. The molecule has 1 aromatic heterocycles. The van der Waals surface area contributed by atoms with Crippen molar-refractivity contribution in [3.8, 4) is 11.5 Å². The minimum Gasteiger partial charge on any atom is -0.508 e. The number of para-hydroxylation sites is 1. The molecule has 1 aliphatic rings. The molecule has 3 aromatic rings. The number of nitrogens with two attached hydrogens (primary N) is 1. The van der Waals surface area contributed by atoms with E-state index in [0.29, 0.717) is 22.2 Å². The molecular formula is C21H18N2O5. The summed E-state index contributed by atoms with van der Waals surface area (Å²) in [6.45, 7) is 1.83. The summed E-state index contributed by atoms with van der Waals surface area (Å²) in [5, 5.41) is 10.3. The molecule has 0 saturated heterocycles. The first-order valence-corrected chi connectivity index (χ1v) is 8.79. The number of hydrogen-bond acceptors (Lipinski definition) is 6. The highest BCUT2D eigenvalue weighted by Crippen LogP contribution is 2.43. The summed E-state index contributed by atoms with van der Waals surface area (Å²) in [4.78, 5) is 28.4. The SMILES string of the molecule is CCOC(=O)C1=C(N)Oc2c(c(=O)[nH]c3ccccc23)[C@@H]1c1ccc(O)cc1. The summed E-state index contributed by atoms with van der Waals surface area (Å²) in [7, 11) is 0. The number of rotatable bonds is 3. The van der Waals surface area contributed by atoms with Crippen molar-refractivity contribution in [1.29, 1.82) is 0 Å². The topological polar surface area (TPSA) is 115 Å². The quantitative estimate of drug-likeness (QED) is 0.603. The summed E-state index contributed by atoms with van der Waals surface area (Å²) < 4.78 is 10.9. The van der Waals surface area contributed by atoms with Crippen molar-refractivity contribution in [2.24, 2.45) is 5.73 Å². The zero-order valence-electron chi connectivity index (χ0n) is 15.1. The van der Waals surface area contributed by atoms with Gasteiger partial charge in [0.05, 0.1) is 23.6 Å². The Morgan fingerprint density at radius 1 is 1.21 bits per heavy atom. The van der Waals surface area contributed by atoms with E-state index in [1.54, 1.807) is 37.3 Å². The van der Waals surface area contributed by atoms with E-state index in [-0.39, 0.29) is 34.9 Å². The van der Waals surface area contributed by atoms with Crippen LogP contribution in [0.4, 0.5) is 0 Å². The lowest BCUT2D eigenvalue weighted by atomic mass is 9.83. The first kappa shape index (κ1) is 17.7. The predicted octanol–water partition coefficient (Wildman–Crippen LogP) is 2.49. The third kappa shape index (κ3) is 2.77. The molecule has 2 aromatic carbocycles. The normalized spacial score (nSPS) is 15.8. The van der Waals surface area contributed by atoms with Gasteiger partial charge in [0, 0.05) is 5.39 Å². The molecule has 142 valence electrons. The van der Waals surface area contributed by atoms with Crippen molar-refractivity contribution < 1.29 is 19.4 Å². The van der Waals surface area contributed by atoms with Crippen LogP contribution in [0.3, 0.4) is 0 Å². The van der Waals surface area contributed by atoms with Crippen LogP contribution >= 0.6 is 0 Å². The van der Waals surface area contributed by atoms with Gasteiger partial charge in [-0.05, 0) is 36.8 Å². The summed E-state index contributed by atoms with van der Waals surface area (Å²) in [5.41, 5.74) is 7.26. The van der Waals surface area contributed by atoms with Crippen molar-refractivity contribution >= 4 is 16.9 Å². The van der Waals surface area contributed by atoms with Crippen molar-refractivity contribution in [1.82, 2.24) is 4.98 Å². The van der Waals surface area contributed by atoms with Gasteiger partial charge in [-0.25, -0.2) is 4.79 Å². The number of aromatic hydroxyl groups is 1. The number of carbonyl (C=O) groups is 1. The summed E-state index contributed by atoms with van der Waals surface area (Å²) >= 11 is 0. The number of hydrogen-bond donors (Lipinski definition) is 3. The molecule has 0 spiro atoms. The molecule has 1 atom stereocenters. The Morgan fingerprint density at radius 3 is 2.64 bits per heavy atom. The number of fused-ring (bicyclic) bond motifs is 3. The molecule has 0 aliphatic carbocycles. The van der Waals surface area contributed by atoms with Crippen LogP contribution in [0.2, 0.25) is 0 Å². The summed E-state index contributed by atoms with van der Waals surface area (Å²) in [6, 6.07) is 13.4. The van der Waals surface area contributed by atoms with Crippen LogP contribution < -0.4 is 16.0 Å². The number of carbonyl (C=O) groups excluding carboxylic acids is 1. The third-order valence-corrected chi connectivity index (χ3v) is 4.69. The first-order valence-electron chi connectivity index (χ1n) is 8.79. The Labute approximate surface area is 160 Å². The molecule has 0 fully saturated rings. The van der Waals surface area contributed by atoms with Crippen LogP contribution in [0.25, 0.3) is 10.9 Å². The van der Waals surface area contributed by atoms with E-state index in [0.717, 1.165) is 0 Å². The van der Waals surface area contributed by atoms with Gasteiger partial charge in [0.2, 0.25) is 5.88 Å². The van der Waals surface area contributed by atoms with Gasteiger partial charge >= 0.3 is 5.97 Å².